The highest BCUT2D eigenvalue weighted by Crippen LogP contribution is 2.36. The summed E-state index contributed by atoms with van der Waals surface area (Å²) < 4.78 is 33.1. The molecule has 0 spiro atoms. The monoisotopic (exact) mass is 269 g/mol. The quantitative estimate of drug-likeness (QED) is 0.905. The predicted octanol–water partition coefficient (Wildman–Crippen LogP) is 3.35. The molecule has 0 saturated carbocycles. The lowest BCUT2D eigenvalue weighted by Crippen LogP contribution is -2.31. The number of aryl methyl sites for hydroxylation is 1. The largest absolute Gasteiger partial charge is 0.378 e. The zero-order valence-corrected chi connectivity index (χ0v) is 11.7. The maximum atomic E-state index is 14.0. The molecule has 1 N–H and O–H groups in total. The highest BCUT2D eigenvalue weighted by molar-refractivity contribution is 5.29. The Balaban J connectivity index is 2.34. The van der Waals surface area contributed by atoms with E-state index in [9.17, 15) is 8.78 Å². The van der Waals surface area contributed by atoms with Crippen molar-refractivity contribution in [2.75, 3.05) is 13.7 Å². The van der Waals surface area contributed by atoms with Crippen molar-refractivity contribution in [3.63, 3.8) is 0 Å². The molecular weight excluding hydrogens is 248 g/mol. The number of rotatable bonds is 4. The van der Waals surface area contributed by atoms with E-state index in [-0.39, 0.29) is 18.1 Å². The lowest BCUT2D eigenvalue weighted by molar-refractivity contribution is 0.0778. The van der Waals surface area contributed by atoms with Crippen molar-refractivity contribution in [3.8, 4) is 0 Å². The van der Waals surface area contributed by atoms with E-state index in [2.05, 4.69) is 12.2 Å². The van der Waals surface area contributed by atoms with Gasteiger partial charge in [-0.25, -0.2) is 8.78 Å². The molecule has 1 aliphatic rings. The molecule has 0 radical (unpaired) electrons. The Morgan fingerprint density at radius 1 is 1.37 bits per heavy atom. The van der Waals surface area contributed by atoms with Crippen molar-refractivity contribution in [1.82, 2.24) is 5.32 Å². The predicted molar refractivity (Wildman–Crippen MR) is 71.0 cm³/mol. The molecule has 1 fully saturated rings. The minimum Gasteiger partial charge on any atom is -0.378 e. The molecule has 1 aromatic carbocycles. The SMILES string of the molecule is CCC1OCCC1C(NC)c1cc(C)c(F)cc1F. The second-order valence-electron chi connectivity index (χ2n) is 5.16. The molecule has 3 unspecified atom stereocenters. The summed E-state index contributed by atoms with van der Waals surface area (Å²) in [5, 5.41) is 3.17. The van der Waals surface area contributed by atoms with Crippen molar-refractivity contribution in [1.29, 1.82) is 0 Å². The molecule has 19 heavy (non-hydrogen) atoms. The van der Waals surface area contributed by atoms with Crippen molar-refractivity contribution in [2.24, 2.45) is 5.92 Å². The van der Waals surface area contributed by atoms with Crippen molar-refractivity contribution in [2.45, 2.75) is 38.8 Å². The molecule has 0 aliphatic carbocycles. The number of benzene rings is 1. The van der Waals surface area contributed by atoms with Gasteiger partial charge in [0.1, 0.15) is 11.6 Å². The van der Waals surface area contributed by atoms with Crippen LogP contribution >= 0.6 is 0 Å². The summed E-state index contributed by atoms with van der Waals surface area (Å²) in [5.41, 5.74) is 1.01. The van der Waals surface area contributed by atoms with Gasteiger partial charge in [0.2, 0.25) is 0 Å². The van der Waals surface area contributed by atoms with Crippen molar-refractivity contribution >= 4 is 0 Å². The Hall–Kier alpha value is -1.00. The second-order valence-corrected chi connectivity index (χ2v) is 5.16. The lowest BCUT2D eigenvalue weighted by atomic mass is 9.86. The summed E-state index contributed by atoms with van der Waals surface area (Å²) in [4.78, 5) is 0. The van der Waals surface area contributed by atoms with Gasteiger partial charge in [-0.1, -0.05) is 6.92 Å². The lowest BCUT2D eigenvalue weighted by Gasteiger charge is -2.27. The van der Waals surface area contributed by atoms with E-state index >= 15 is 0 Å². The van der Waals surface area contributed by atoms with E-state index < -0.39 is 11.6 Å². The Morgan fingerprint density at radius 2 is 2.11 bits per heavy atom. The number of nitrogens with one attached hydrogen (secondary N) is 1. The third-order valence-corrected chi connectivity index (χ3v) is 4.02. The zero-order valence-electron chi connectivity index (χ0n) is 11.7. The van der Waals surface area contributed by atoms with Crippen LogP contribution in [0.1, 0.15) is 36.9 Å². The Kier molecular flexibility index (Phi) is 4.53. The summed E-state index contributed by atoms with van der Waals surface area (Å²) in [6.07, 6.45) is 1.95. The van der Waals surface area contributed by atoms with Crippen LogP contribution in [0.2, 0.25) is 0 Å². The maximum absolute atomic E-state index is 14.0. The van der Waals surface area contributed by atoms with Gasteiger partial charge in [0.15, 0.2) is 0 Å². The topological polar surface area (TPSA) is 21.3 Å². The van der Waals surface area contributed by atoms with E-state index in [0.717, 1.165) is 18.9 Å². The summed E-state index contributed by atoms with van der Waals surface area (Å²) in [6.45, 7) is 4.44. The van der Waals surface area contributed by atoms with E-state index in [1.165, 1.54) is 0 Å². The van der Waals surface area contributed by atoms with E-state index in [4.69, 9.17) is 4.74 Å². The van der Waals surface area contributed by atoms with Gasteiger partial charge in [0, 0.05) is 30.2 Å². The molecular formula is C15H21F2NO. The normalized spacial score (nSPS) is 24.7. The van der Waals surface area contributed by atoms with Crippen LogP contribution in [0.3, 0.4) is 0 Å². The standard InChI is InChI=1S/C15H21F2NO/c1-4-14-10(5-6-19-14)15(18-3)11-7-9(2)12(16)8-13(11)17/h7-8,10,14-15,18H,4-6H2,1-3H3. The van der Waals surface area contributed by atoms with Gasteiger partial charge in [-0.15, -0.1) is 0 Å². The van der Waals surface area contributed by atoms with Gasteiger partial charge in [-0.3, -0.25) is 0 Å². The third-order valence-electron chi connectivity index (χ3n) is 4.02. The van der Waals surface area contributed by atoms with E-state index in [1.54, 1.807) is 13.0 Å². The fraction of sp³-hybridized carbons (Fsp3) is 0.600. The van der Waals surface area contributed by atoms with Crippen LogP contribution < -0.4 is 5.32 Å². The second kappa shape index (κ2) is 5.97. The zero-order chi connectivity index (χ0) is 14.0. The van der Waals surface area contributed by atoms with Crippen LogP contribution in [0.25, 0.3) is 0 Å². The molecule has 1 aliphatic heterocycles. The van der Waals surface area contributed by atoms with Gasteiger partial charge < -0.3 is 10.1 Å². The molecule has 2 rings (SSSR count). The summed E-state index contributed by atoms with van der Waals surface area (Å²) >= 11 is 0. The molecule has 1 saturated heterocycles. The summed E-state index contributed by atoms with van der Waals surface area (Å²) in [6, 6.07) is 2.45. The van der Waals surface area contributed by atoms with E-state index in [0.29, 0.717) is 17.7 Å². The van der Waals surface area contributed by atoms with Crippen molar-refractivity contribution < 1.29 is 13.5 Å². The third kappa shape index (κ3) is 2.79. The first-order chi connectivity index (χ1) is 9.08. The molecule has 2 nitrogen and oxygen atoms in total. The molecule has 106 valence electrons. The molecule has 3 atom stereocenters. The molecule has 0 bridgehead atoms. The first-order valence-corrected chi connectivity index (χ1v) is 6.82. The molecule has 4 heteroatoms. The van der Waals surface area contributed by atoms with Crippen LogP contribution in [0, 0.1) is 24.5 Å². The van der Waals surface area contributed by atoms with Gasteiger partial charge in [0.25, 0.3) is 0 Å². The Bertz CT molecular complexity index is 450. The van der Waals surface area contributed by atoms with Gasteiger partial charge in [-0.05, 0) is 38.4 Å². The summed E-state index contributed by atoms with van der Waals surface area (Å²) in [7, 11) is 1.81. The van der Waals surface area contributed by atoms with Gasteiger partial charge in [-0.2, -0.15) is 0 Å². The smallest absolute Gasteiger partial charge is 0.130 e. The first kappa shape index (κ1) is 14.4. The van der Waals surface area contributed by atoms with Crippen LogP contribution in [-0.2, 0) is 4.74 Å². The highest BCUT2D eigenvalue weighted by atomic mass is 19.1. The van der Waals surface area contributed by atoms with Crippen LogP contribution in [-0.4, -0.2) is 19.8 Å². The average molecular weight is 269 g/mol. The molecule has 1 heterocycles. The fourth-order valence-electron chi connectivity index (χ4n) is 2.99. The number of hydrogen-bond donors (Lipinski definition) is 1. The van der Waals surface area contributed by atoms with Crippen molar-refractivity contribution in [3.05, 3.63) is 34.9 Å². The van der Waals surface area contributed by atoms with E-state index in [1.807, 2.05) is 7.05 Å². The number of hydrogen-bond acceptors (Lipinski definition) is 2. The van der Waals surface area contributed by atoms with Gasteiger partial charge in [0.05, 0.1) is 6.10 Å². The molecule has 0 aromatic heterocycles. The van der Waals surface area contributed by atoms with Gasteiger partial charge >= 0.3 is 0 Å². The number of halogens is 2. The van der Waals surface area contributed by atoms with Crippen LogP contribution in [0.4, 0.5) is 8.78 Å². The average Bonchev–Trinajstić information content (AvgIpc) is 2.84. The fourth-order valence-corrected chi connectivity index (χ4v) is 2.99. The Morgan fingerprint density at radius 3 is 2.74 bits per heavy atom. The number of ether oxygens (including phenoxy) is 1. The van der Waals surface area contributed by atoms with Crippen LogP contribution in [0.15, 0.2) is 12.1 Å². The summed E-state index contributed by atoms with van der Waals surface area (Å²) in [5.74, 6) is -0.746. The highest BCUT2D eigenvalue weighted by Gasteiger charge is 2.35. The van der Waals surface area contributed by atoms with Crippen LogP contribution in [0.5, 0.6) is 0 Å². The minimum atomic E-state index is -0.495. The minimum absolute atomic E-state index is 0.133. The Labute approximate surface area is 113 Å². The maximum Gasteiger partial charge on any atom is 0.130 e. The molecule has 0 amide bonds. The molecule has 1 aromatic rings. The first-order valence-electron chi connectivity index (χ1n) is 6.82.